The largest absolute Gasteiger partial charge is 0.477 e. The molecule has 0 saturated carbocycles. The van der Waals surface area contributed by atoms with Gasteiger partial charge in [0.05, 0.1) is 10.2 Å². The maximum atomic E-state index is 13.5. The summed E-state index contributed by atoms with van der Waals surface area (Å²) in [6.45, 7) is 0.232. The van der Waals surface area contributed by atoms with Gasteiger partial charge in [-0.3, -0.25) is 0 Å². The van der Waals surface area contributed by atoms with E-state index in [0.29, 0.717) is 0 Å². The molecule has 0 bridgehead atoms. The summed E-state index contributed by atoms with van der Waals surface area (Å²) in [5.74, 6) is -2.15. The molecule has 2 aromatic rings. The highest BCUT2D eigenvalue weighted by molar-refractivity contribution is 9.10. The second-order valence-corrected chi connectivity index (χ2v) is 5.69. The molecule has 0 aliphatic heterocycles. The summed E-state index contributed by atoms with van der Waals surface area (Å²) >= 11 is 3.98. The number of carboxylic acids is 1. The lowest BCUT2D eigenvalue weighted by Gasteiger charge is -2.07. The minimum atomic E-state index is -1.00. The molecule has 100 valence electrons. The average molecular weight is 348 g/mol. The zero-order valence-electron chi connectivity index (χ0n) is 9.41. The fourth-order valence-electron chi connectivity index (χ4n) is 1.43. The van der Waals surface area contributed by atoms with Gasteiger partial charge in [-0.1, -0.05) is 0 Å². The number of hydrogen-bond acceptors (Lipinski definition) is 3. The lowest BCUT2D eigenvalue weighted by atomic mass is 10.3. The van der Waals surface area contributed by atoms with E-state index in [4.69, 9.17) is 5.11 Å². The van der Waals surface area contributed by atoms with Crippen molar-refractivity contribution in [2.45, 2.75) is 6.54 Å². The van der Waals surface area contributed by atoms with Crippen LogP contribution in [0.4, 0.5) is 14.5 Å². The number of anilines is 1. The summed E-state index contributed by atoms with van der Waals surface area (Å²) in [7, 11) is 0. The van der Waals surface area contributed by atoms with Crippen molar-refractivity contribution in [2.24, 2.45) is 0 Å². The van der Waals surface area contributed by atoms with Crippen molar-refractivity contribution in [1.82, 2.24) is 0 Å². The summed E-state index contributed by atoms with van der Waals surface area (Å²) in [6.07, 6.45) is 0. The smallest absolute Gasteiger partial charge is 0.345 e. The fourth-order valence-corrected chi connectivity index (χ4v) is 2.53. The molecule has 0 unspecified atom stereocenters. The number of thiophene rings is 1. The number of carboxylic acid groups (broad SMARTS) is 1. The van der Waals surface area contributed by atoms with Crippen molar-refractivity contribution in [3.63, 3.8) is 0 Å². The third-order valence-corrected chi connectivity index (χ3v) is 4.02. The van der Waals surface area contributed by atoms with Crippen LogP contribution >= 0.6 is 27.3 Å². The third kappa shape index (κ3) is 3.30. The lowest BCUT2D eigenvalue weighted by Crippen LogP contribution is -2.01. The van der Waals surface area contributed by atoms with Crippen molar-refractivity contribution in [3.05, 3.63) is 50.1 Å². The number of rotatable bonds is 4. The van der Waals surface area contributed by atoms with Crippen molar-refractivity contribution >= 4 is 38.9 Å². The monoisotopic (exact) mass is 347 g/mol. The van der Waals surface area contributed by atoms with Crippen LogP contribution in [0, 0.1) is 11.6 Å². The van der Waals surface area contributed by atoms with Gasteiger partial charge in [0.2, 0.25) is 0 Å². The molecule has 0 saturated heterocycles. The van der Waals surface area contributed by atoms with Crippen molar-refractivity contribution in [3.8, 4) is 0 Å². The Morgan fingerprint density at radius 2 is 2.05 bits per heavy atom. The van der Waals surface area contributed by atoms with Crippen LogP contribution in [0.3, 0.4) is 0 Å². The molecule has 0 aliphatic rings. The minimum absolute atomic E-state index is 0.0333. The first-order chi connectivity index (χ1) is 8.97. The molecule has 3 nitrogen and oxygen atoms in total. The number of hydrogen-bond donors (Lipinski definition) is 2. The Bertz CT molecular complexity index is 630. The standard InChI is InChI=1S/C12H8BrF2NO2S/c13-7-3-9(15)10(4-8(7)14)16-5-6-1-2-11(19-6)12(17)18/h1-4,16H,5H2,(H,17,18). The molecule has 1 heterocycles. The maximum absolute atomic E-state index is 13.5. The van der Waals surface area contributed by atoms with E-state index in [2.05, 4.69) is 21.2 Å². The molecule has 0 spiro atoms. The predicted molar refractivity (Wildman–Crippen MR) is 72.7 cm³/mol. The van der Waals surface area contributed by atoms with Crippen LogP contribution in [0.2, 0.25) is 0 Å². The number of nitrogens with one attached hydrogen (secondary N) is 1. The number of aromatic carboxylic acids is 1. The molecular formula is C12H8BrF2NO2S. The summed E-state index contributed by atoms with van der Waals surface area (Å²) in [6, 6.07) is 5.19. The number of benzene rings is 1. The Kier molecular flexibility index (Phi) is 4.16. The van der Waals surface area contributed by atoms with Gasteiger partial charge in [-0.2, -0.15) is 0 Å². The molecule has 2 rings (SSSR count). The van der Waals surface area contributed by atoms with E-state index in [1.165, 1.54) is 6.07 Å². The molecule has 1 aromatic carbocycles. The third-order valence-electron chi connectivity index (χ3n) is 2.34. The molecule has 2 N–H and O–H groups in total. The topological polar surface area (TPSA) is 49.3 Å². The Hall–Kier alpha value is -1.47. The molecule has 0 aliphatic carbocycles. The van der Waals surface area contributed by atoms with Gasteiger partial charge >= 0.3 is 5.97 Å². The van der Waals surface area contributed by atoms with Crippen molar-refractivity contribution in [1.29, 1.82) is 0 Å². The van der Waals surface area contributed by atoms with Gasteiger partial charge in [-0.25, -0.2) is 13.6 Å². The van der Waals surface area contributed by atoms with Gasteiger partial charge in [0, 0.05) is 17.5 Å². The van der Waals surface area contributed by atoms with E-state index in [0.717, 1.165) is 28.3 Å². The minimum Gasteiger partial charge on any atom is -0.477 e. The normalized spacial score (nSPS) is 10.5. The van der Waals surface area contributed by atoms with Crippen molar-refractivity contribution < 1.29 is 18.7 Å². The Morgan fingerprint density at radius 3 is 2.68 bits per heavy atom. The second kappa shape index (κ2) is 5.66. The lowest BCUT2D eigenvalue weighted by molar-refractivity contribution is 0.0702. The van der Waals surface area contributed by atoms with Gasteiger partial charge in [-0.15, -0.1) is 11.3 Å². The highest BCUT2D eigenvalue weighted by Gasteiger charge is 2.10. The van der Waals surface area contributed by atoms with E-state index < -0.39 is 17.6 Å². The van der Waals surface area contributed by atoms with Crippen LogP contribution in [-0.4, -0.2) is 11.1 Å². The quantitative estimate of drug-likeness (QED) is 0.818. The molecule has 7 heteroatoms. The van der Waals surface area contributed by atoms with Gasteiger partial charge in [0.15, 0.2) is 0 Å². The zero-order chi connectivity index (χ0) is 14.0. The summed E-state index contributed by atoms with van der Waals surface area (Å²) < 4.78 is 26.8. The Balaban J connectivity index is 2.09. The predicted octanol–water partition coefficient (Wildman–Crippen LogP) is 4.10. The van der Waals surface area contributed by atoms with Crippen LogP contribution in [0.1, 0.15) is 14.5 Å². The molecule has 0 atom stereocenters. The maximum Gasteiger partial charge on any atom is 0.345 e. The molecule has 0 fully saturated rings. The van der Waals surface area contributed by atoms with Crippen LogP contribution in [0.15, 0.2) is 28.7 Å². The van der Waals surface area contributed by atoms with E-state index in [-0.39, 0.29) is 21.6 Å². The van der Waals surface area contributed by atoms with Crippen LogP contribution < -0.4 is 5.32 Å². The van der Waals surface area contributed by atoms with Gasteiger partial charge in [-0.05, 0) is 34.1 Å². The molecular weight excluding hydrogens is 340 g/mol. The zero-order valence-corrected chi connectivity index (χ0v) is 11.8. The van der Waals surface area contributed by atoms with Crippen LogP contribution in [-0.2, 0) is 6.54 Å². The van der Waals surface area contributed by atoms with Gasteiger partial charge in [0.25, 0.3) is 0 Å². The molecule has 0 amide bonds. The van der Waals surface area contributed by atoms with Crippen LogP contribution in [0.25, 0.3) is 0 Å². The SMILES string of the molecule is O=C(O)c1ccc(CNc2cc(F)c(Br)cc2F)s1. The fraction of sp³-hybridized carbons (Fsp3) is 0.0833. The highest BCUT2D eigenvalue weighted by Crippen LogP contribution is 2.24. The van der Waals surface area contributed by atoms with E-state index in [1.54, 1.807) is 6.07 Å². The highest BCUT2D eigenvalue weighted by atomic mass is 79.9. The first-order valence-corrected chi connectivity index (χ1v) is 6.78. The second-order valence-electron chi connectivity index (χ2n) is 3.67. The average Bonchev–Trinajstić information content (AvgIpc) is 2.81. The molecule has 19 heavy (non-hydrogen) atoms. The van der Waals surface area contributed by atoms with Crippen molar-refractivity contribution in [2.75, 3.05) is 5.32 Å². The van der Waals surface area contributed by atoms with Gasteiger partial charge < -0.3 is 10.4 Å². The summed E-state index contributed by atoms with van der Waals surface area (Å²) in [5.41, 5.74) is 0.0333. The van der Waals surface area contributed by atoms with E-state index in [1.807, 2.05) is 0 Å². The van der Waals surface area contributed by atoms with E-state index >= 15 is 0 Å². The Labute approximate surface area is 120 Å². The summed E-state index contributed by atoms with van der Waals surface area (Å²) in [4.78, 5) is 11.6. The van der Waals surface area contributed by atoms with E-state index in [9.17, 15) is 13.6 Å². The molecule has 1 aromatic heterocycles. The summed E-state index contributed by atoms with van der Waals surface area (Å²) in [5, 5.41) is 11.5. The Morgan fingerprint density at radius 1 is 1.32 bits per heavy atom. The first kappa shape index (κ1) is 14.0. The first-order valence-electron chi connectivity index (χ1n) is 5.18. The van der Waals surface area contributed by atoms with Gasteiger partial charge in [0.1, 0.15) is 16.5 Å². The molecule has 0 radical (unpaired) electrons. The number of halogens is 3. The number of carbonyl (C=O) groups is 1. The van der Waals surface area contributed by atoms with Crippen LogP contribution in [0.5, 0.6) is 0 Å².